The first-order valence-corrected chi connectivity index (χ1v) is 10.7. The van der Waals surface area contributed by atoms with Gasteiger partial charge < -0.3 is 9.64 Å². The van der Waals surface area contributed by atoms with Gasteiger partial charge in [-0.25, -0.2) is 4.98 Å². The summed E-state index contributed by atoms with van der Waals surface area (Å²) in [6.45, 7) is 8.64. The van der Waals surface area contributed by atoms with Crippen LogP contribution in [-0.2, 0) is 0 Å². The van der Waals surface area contributed by atoms with Crippen LogP contribution >= 0.6 is 11.3 Å². The highest BCUT2D eigenvalue weighted by molar-refractivity contribution is 7.22. The number of amides is 1. The van der Waals surface area contributed by atoms with E-state index in [9.17, 15) is 4.79 Å². The van der Waals surface area contributed by atoms with Gasteiger partial charge in [0.2, 0.25) is 0 Å². The molecule has 0 unspecified atom stereocenters. The highest BCUT2D eigenvalue weighted by Crippen LogP contribution is 2.32. The maximum atomic E-state index is 12.7. The molecule has 7 heteroatoms. The third-order valence-corrected chi connectivity index (χ3v) is 6.30. The molecule has 1 fully saturated rings. The molecule has 0 bridgehead atoms. The Bertz CT molecular complexity index is 992. The zero-order valence-electron chi connectivity index (χ0n) is 17.0. The molecule has 2 aromatic carbocycles. The molecule has 0 spiro atoms. The number of carbonyl (C=O) groups excluding carboxylic acids is 1. The zero-order valence-corrected chi connectivity index (χ0v) is 17.8. The largest absolute Gasteiger partial charge is 0.494 e. The maximum absolute atomic E-state index is 12.7. The molecule has 3 aromatic rings. The molecule has 1 N–H and O–H groups in total. The van der Waals surface area contributed by atoms with E-state index in [2.05, 4.69) is 33.9 Å². The number of methoxy groups -OCH3 is 1. The number of fused-ring (bicyclic) bond motifs is 1. The minimum absolute atomic E-state index is 0.154. The molecule has 1 saturated heterocycles. The molecule has 152 valence electrons. The topological polar surface area (TPSA) is 57.7 Å². The summed E-state index contributed by atoms with van der Waals surface area (Å²) in [5, 5.41) is 3.48. The number of aromatic nitrogens is 1. The molecular formula is C22H26N4O2S. The number of hydrogen-bond donors (Lipinski definition) is 1. The van der Waals surface area contributed by atoms with Crippen LogP contribution in [0.1, 0.15) is 24.2 Å². The average Bonchev–Trinajstić information content (AvgIpc) is 3.16. The van der Waals surface area contributed by atoms with Crippen LogP contribution in [0.3, 0.4) is 0 Å². The molecule has 2 heterocycles. The van der Waals surface area contributed by atoms with Crippen molar-refractivity contribution >= 4 is 38.3 Å². The highest BCUT2D eigenvalue weighted by Gasteiger charge is 2.19. The summed E-state index contributed by atoms with van der Waals surface area (Å²) in [5.74, 6) is 0.556. The number of benzene rings is 2. The Morgan fingerprint density at radius 3 is 2.48 bits per heavy atom. The summed E-state index contributed by atoms with van der Waals surface area (Å²) in [6.07, 6.45) is 0. The Morgan fingerprint density at radius 1 is 1.10 bits per heavy atom. The van der Waals surface area contributed by atoms with Crippen LogP contribution in [0.15, 0.2) is 42.5 Å². The van der Waals surface area contributed by atoms with Crippen LogP contribution in [0, 0.1) is 0 Å². The number of nitrogens with zero attached hydrogens (tertiary/aromatic N) is 3. The number of nitrogens with one attached hydrogen (secondary N) is 1. The summed E-state index contributed by atoms with van der Waals surface area (Å²) in [5.41, 5.74) is 2.56. The lowest BCUT2D eigenvalue weighted by Gasteiger charge is -2.38. The minimum Gasteiger partial charge on any atom is -0.494 e. The van der Waals surface area contributed by atoms with Crippen molar-refractivity contribution in [1.82, 2.24) is 9.88 Å². The highest BCUT2D eigenvalue weighted by atomic mass is 32.1. The first-order valence-electron chi connectivity index (χ1n) is 9.89. The fourth-order valence-corrected chi connectivity index (χ4v) is 4.51. The van der Waals surface area contributed by atoms with Crippen molar-refractivity contribution in [2.45, 2.75) is 19.9 Å². The second-order valence-electron chi connectivity index (χ2n) is 7.44. The monoisotopic (exact) mass is 410 g/mol. The quantitative estimate of drug-likeness (QED) is 0.687. The van der Waals surface area contributed by atoms with Crippen molar-refractivity contribution in [2.24, 2.45) is 0 Å². The van der Waals surface area contributed by atoms with E-state index in [1.807, 2.05) is 42.5 Å². The molecule has 1 amide bonds. The summed E-state index contributed by atoms with van der Waals surface area (Å²) < 4.78 is 6.33. The van der Waals surface area contributed by atoms with Gasteiger partial charge in [0.05, 0.1) is 11.8 Å². The number of piperazine rings is 1. The van der Waals surface area contributed by atoms with Gasteiger partial charge in [0, 0.05) is 43.5 Å². The predicted molar refractivity (Wildman–Crippen MR) is 119 cm³/mol. The van der Waals surface area contributed by atoms with Gasteiger partial charge in [0.25, 0.3) is 5.91 Å². The molecule has 6 nitrogen and oxygen atoms in total. The number of ether oxygens (including phenoxy) is 1. The van der Waals surface area contributed by atoms with E-state index in [4.69, 9.17) is 4.74 Å². The van der Waals surface area contributed by atoms with Gasteiger partial charge in [-0.05, 0) is 50.2 Å². The number of rotatable bonds is 5. The Balaban J connectivity index is 1.42. The van der Waals surface area contributed by atoms with Crippen molar-refractivity contribution in [2.75, 3.05) is 43.5 Å². The van der Waals surface area contributed by atoms with Gasteiger partial charge in [-0.2, -0.15) is 0 Å². The molecular weight excluding hydrogens is 384 g/mol. The molecule has 1 aliphatic rings. The Hall–Kier alpha value is -2.64. The lowest BCUT2D eigenvalue weighted by atomic mass is 10.1. The molecule has 29 heavy (non-hydrogen) atoms. The molecule has 1 aliphatic heterocycles. The molecule has 0 radical (unpaired) electrons. The van der Waals surface area contributed by atoms with Crippen LogP contribution < -0.4 is 15.0 Å². The molecule has 4 rings (SSSR count). The van der Waals surface area contributed by atoms with Gasteiger partial charge in [-0.3, -0.25) is 15.0 Å². The van der Waals surface area contributed by atoms with Crippen LogP contribution in [0.25, 0.3) is 10.2 Å². The summed E-state index contributed by atoms with van der Waals surface area (Å²) in [6, 6.07) is 14.2. The summed E-state index contributed by atoms with van der Waals surface area (Å²) >= 11 is 1.44. The molecule has 1 aromatic heterocycles. The summed E-state index contributed by atoms with van der Waals surface area (Å²) in [7, 11) is 1.62. The second kappa shape index (κ2) is 8.39. The number of para-hydroxylation sites is 1. The first kappa shape index (κ1) is 19.7. The lowest BCUT2D eigenvalue weighted by molar-refractivity contribution is 0.102. The number of anilines is 2. The van der Waals surface area contributed by atoms with E-state index in [-0.39, 0.29) is 5.91 Å². The average molecular weight is 411 g/mol. The van der Waals surface area contributed by atoms with Crippen LogP contribution in [-0.4, -0.2) is 55.1 Å². The Labute approximate surface area is 175 Å². The van der Waals surface area contributed by atoms with Crippen molar-refractivity contribution < 1.29 is 9.53 Å². The smallest absolute Gasteiger partial charge is 0.257 e. The van der Waals surface area contributed by atoms with E-state index < -0.39 is 0 Å². The fourth-order valence-electron chi connectivity index (χ4n) is 3.63. The van der Waals surface area contributed by atoms with Gasteiger partial charge in [0.1, 0.15) is 11.3 Å². The van der Waals surface area contributed by atoms with Gasteiger partial charge in [0.15, 0.2) is 5.13 Å². The minimum atomic E-state index is -0.154. The SMILES string of the molecule is COc1cccc2sc(NC(=O)c3ccc(N4CCN(C(C)C)CC4)cc3)nc12. The van der Waals surface area contributed by atoms with Crippen LogP contribution in [0.5, 0.6) is 5.75 Å². The van der Waals surface area contributed by atoms with Crippen molar-refractivity contribution in [3.8, 4) is 5.75 Å². The van der Waals surface area contributed by atoms with Crippen molar-refractivity contribution in [3.63, 3.8) is 0 Å². The first-order chi connectivity index (χ1) is 14.0. The van der Waals surface area contributed by atoms with Crippen molar-refractivity contribution in [3.05, 3.63) is 48.0 Å². The maximum Gasteiger partial charge on any atom is 0.257 e. The predicted octanol–water partition coefficient (Wildman–Crippen LogP) is 4.09. The van der Waals surface area contributed by atoms with Gasteiger partial charge in [-0.1, -0.05) is 17.4 Å². The molecule has 0 saturated carbocycles. The van der Waals surface area contributed by atoms with Gasteiger partial charge >= 0.3 is 0 Å². The van der Waals surface area contributed by atoms with Gasteiger partial charge in [-0.15, -0.1) is 0 Å². The van der Waals surface area contributed by atoms with E-state index >= 15 is 0 Å². The number of thiazole rings is 1. The molecule has 0 aliphatic carbocycles. The normalized spacial score (nSPS) is 15.1. The standard InChI is InChI=1S/C22H26N4O2S/c1-15(2)25-11-13-26(14-12-25)17-9-7-16(8-10-17)21(27)24-22-23-20-18(28-3)5-4-6-19(20)29-22/h4-10,15H,11-14H2,1-3H3,(H,23,24,27). The van der Waals surface area contributed by atoms with E-state index in [0.29, 0.717) is 22.5 Å². The second-order valence-corrected chi connectivity index (χ2v) is 8.47. The third-order valence-electron chi connectivity index (χ3n) is 5.36. The van der Waals surface area contributed by atoms with Crippen LogP contribution in [0.4, 0.5) is 10.8 Å². The number of carbonyl (C=O) groups is 1. The van der Waals surface area contributed by atoms with E-state index in [1.165, 1.54) is 11.3 Å². The Kier molecular flexibility index (Phi) is 5.69. The zero-order chi connectivity index (χ0) is 20.4. The molecule has 0 atom stereocenters. The van der Waals surface area contributed by atoms with E-state index in [1.54, 1.807) is 7.11 Å². The van der Waals surface area contributed by atoms with E-state index in [0.717, 1.165) is 42.1 Å². The third kappa shape index (κ3) is 4.21. The van der Waals surface area contributed by atoms with Crippen molar-refractivity contribution in [1.29, 1.82) is 0 Å². The number of hydrogen-bond acceptors (Lipinski definition) is 6. The van der Waals surface area contributed by atoms with Crippen LogP contribution in [0.2, 0.25) is 0 Å². The Morgan fingerprint density at radius 2 is 1.83 bits per heavy atom. The lowest BCUT2D eigenvalue weighted by Crippen LogP contribution is -2.48. The fraction of sp³-hybridized carbons (Fsp3) is 0.364. The summed E-state index contributed by atoms with van der Waals surface area (Å²) in [4.78, 5) is 22.0.